The summed E-state index contributed by atoms with van der Waals surface area (Å²) < 4.78 is 0. The second-order valence-corrected chi connectivity index (χ2v) is 9.31. The Morgan fingerprint density at radius 1 is 1.03 bits per heavy atom. The summed E-state index contributed by atoms with van der Waals surface area (Å²) >= 11 is 0. The van der Waals surface area contributed by atoms with Gasteiger partial charge in [-0.1, -0.05) is 65.3 Å². The maximum atomic E-state index is 12.6. The lowest BCUT2D eigenvalue weighted by Gasteiger charge is -2.16. The Labute approximate surface area is 221 Å². The van der Waals surface area contributed by atoms with E-state index in [0.29, 0.717) is 28.6 Å². The zero-order valence-corrected chi connectivity index (χ0v) is 22.9. The van der Waals surface area contributed by atoms with Crippen LogP contribution in [0.15, 0.2) is 54.7 Å². The molecule has 2 N–H and O–H groups in total. The third-order valence-corrected chi connectivity index (χ3v) is 5.29. The Bertz CT molecular complexity index is 1310. The van der Waals surface area contributed by atoms with Crippen molar-refractivity contribution in [2.75, 3.05) is 10.6 Å². The molecule has 0 aliphatic carbocycles. The molecule has 1 unspecified atom stereocenters. The van der Waals surface area contributed by atoms with Crippen molar-refractivity contribution in [3.05, 3.63) is 82.1 Å². The van der Waals surface area contributed by atoms with Crippen LogP contribution < -0.4 is 21.3 Å². The molecule has 1 amide bonds. The quantitative estimate of drug-likeness (QED) is 0.386. The van der Waals surface area contributed by atoms with Crippen LogP contribution in [0.2, 0.25) is 0 Å². The van der Waals surface area contributed by atoms with Gasteiger partial charge < -0.3 is 10.6 Å². The van der Waals surface area contributed by atoms with Crippen molar-refractivity contribution in [3.63, 3.8) is 0 Å². The fraction of sp³-hybridized carbons (Fsp3) is 0.355. The highest BCUT2D eigenvalue weighted by Gasteiger charge is 2.10. The van der Waals surface area contributed by atoms with Gasteiger partial charge in [0.15, 0.2) is 0 Å². The van der Waals surface area contributed by atoms with Gasteiger partial charge in [0.2, 0.25) is 0 Å². The van der Waals surface area contributed by atoms with Crippen molar-refractivity contribution >= 4 is 29.6 Å². The third kappa shape index (κ3) is 9.53. The smallest absolute Gasteiger partial charge is 0.255 e. The lowest BCUT2D eigenvalue weighted by atomic mass is 10.1. The fourth-order valence-electron chi connectivity index (χ4n) is 3.42. The van der Waals surface area contributed by atoms with Gasteiger partial charge in [0.25, 0.3) is 5.91 Å². The summed E-state index contributed by atoms with van der Waals surface area (Å²) in [6, 6.07) is 16.3. The number of carbonyl (C=O) groups excluding carboxylic acids is 1. The summed E-state index contributed by atoms with van der Waals surface area (Å²) in [5, 5.41) is 17.1. The van der Waals surface area contributed by atoms with E-state index in [4.69, 9.17) is 10.2 Å². The molecule has 0 aliphatic heterocycles. The van der Waals surface area contributed by atoms with E-state index in [-0.39, 0.29) is 11.9 Å². The number of nitrogens with one attached hydrogen (secondary N) is 2. The molecule has 1 aromatic heterocycles. The first-order valence-corrected chi connectivity index (χ1v) is 13.0. The molecule has 6 heteroatoms. The largest absolute Gasteiger partial charge is 0.362 e. The lowest BCUT2D eigenvalue weighted by Crippen LogP contribution is -2.32. The van der Waals surface area contributed by atoms with Crippen molar-refractivity contribution in [1.29, 1.82) is 5.26 Å². The molecule has 6 nitrogen and oxygen atoms in total. The second kappa shape index (κ2) is 15.2. The molecular weight excluding hydrogens is 458 g/mol. The van der Waals surface area contributed by atoms with E-state index >= 15 is 0 Å². The van der Waals surface area contributed by atoms with Crippen LogP contribution >= 0.6 is 0 Å². The maximum absolute atomic E-state index is 12.6. The van der Waals surface area contributed by atoms with Gasteiger partial charge in [-0.15, -0.1) is 0 Å². The second-order valence-electron chi connectivity index (χ2n) is 9.31. The first kappa shape index (κ1) is 29.3. The van der Waals surface area contributed by atoms with Crippen LogP contribution in [0.3, 0.4) is 0 Å². The van der Waals surface area contributed by atoms with E-state index in [1.165, 1.54) is 6.42 Å². The summed E-state index contributed by atoms with van der Waals surface area (Å²) in [6.45, 7) is 12.8. The summed E-state index contributed by atoms with van der Waals surface area (Å²) in [5.41, 5.74) is 2.73. The van der Waals surface area contributed by atoms with Crippen molar-refractivity contribution < 1.29 is 4.79 Å². The Kier molecular flexibility index (Phi) is 12.0. The molecule has 0 fully saturated rings. The molecule has 0 radical (unpaired) electrons. The zero-order chi connectivity index (χ0) is 27.2. The van der Waals surface area contributed by atoms with Gasteiger partial charge in [-0.3, -0.25) is 9.78 Å². The summed E-state index contributed by atoms with van der Waals surface area (Å²) in [4.78, 5) is 22.0. The van der Waals surface area contributed by atoms with Gasteiger partial charge in [-0.2, -0.15) is 5.26 Å². The van der Waals surface area contributed by atoms with E-state index in [0.717, 1.165) is 29.1 Å². The van der Waals surface area contributed by atoms with E-state index in [2.05, 4.69) is 68.5 Å². The molecular formula is C31H39N5O. The number of aromatic nitrogens is 2. The predicted octanol–water partition coefficient (Wildman–Crippen LogP) is 6.21. The molecule has 0 spiro atoms. The van der Waals surface area contributed by atoms with Gasteiger partial charge in [0.1, 0.15) is 5.82 Å². The van der Waals surface area contributed by atoms with E-state index in [1.54, 1.807) is 30.5 Å². The standard InChI is InChI=1S/C28H31N5O.C3H8/c1-5-7-25-26(15-10-19(2)3)33-27(18-30-25)31-20(4)23-8-6-9-24(16-23)32-28(34)22-13-11-21(17-29)12-14-22;1-3-2/h6-9,11-16,18-20H,5,10H2,1-4H3,(H,31,33)(H,32,34);3H2,1-2H3/b25-7+,26-15-;. The number of carbonyl (C=O) groups is 1. The van der Waals surface area contributed by atoms with Gasteiger partial charge in [-0.25, -0.2) is 4.98 Å². The van der Waals surface area contributed by atoms with Gasteiger partial charge in [0, 0.05) is 11.3 Å². The molecule has 2 aromatic carbocycles. The lowest BCUT2D eigenvalue weighted by molar-refractivity contribution is 0.102. The monoisotopic (exact) mass is 497 g/mol. The normalized spacial score (nSPS) is 12.4. The molecule has 0 saturated carbocycles. The van der Waals surface area contributed by atoms with Crippen LogP contribution in [0, 0.1) is 17.2 Å². The topological polar surface area (TPSA) is 90.7 Å². The maximum Gasteiger partial charge on any atom is 0.255 e. The first-order chi connectivity index (χ1) is 17.8. The Morgan fingerprint density at radius 3 is 2.35 bits per heavy atom. The molecule has 1 heterocycles. The molecule has 0 bridgehead atoms. The summed E-state index contributed by atoms with van der Waals surface area (Å²) in [6.07, 6.45) is 9.10. The van der Waals surface area contributed by atoms with Gasteiger partial charge >= 0.3 is 0 Å². The highest BCUT2D eigenvalue weighted by molar-refractivity contribution is 6.04. The number of benzene rings is 2. The highest BCUT2D eigenvalue weighted by Crippen LogP contribution is 2.21. The minimum Gasteiger partial charge on any atom is -0.362 e. The number of nitrogens with zero attached hydrogens (tertiary/aromatic N) is 3. The van der Waals surface area contributed by atoms with Crippen molar-refractivity contribution in [2.24, 2.45) is 5.92 Å². The van der Waals surface area contributed by atoms with Crippen molar-refractivity contribution in [3.8, 4) is 6.07 Å². The Morgan fingerprint density at radius 2 is 1.73 bits per heavy atom. The van der Waals surface area contributed by atoms with Crippen molar-refractivity contribution in [1.82, 2.24) is 9.97 Å². The molecule has 194 valence electrons. The molecule has 37 heavy (non-hydrogen) atoms. The van der Waals surface area contributed by atoms with Crippen LogP contribution in [0.5, 0.6) is 0 Å². The minimum absolute atomic E-state index is 0.0417. The summed E-state index contributed by atoms with van der Waals surface area (Å²) in [7, 11) is 0. The van der Waals surface area contributed by atoms with Gasteiger partial charge in [0.05, 0.1) is 34.6 Å². The van der Waals surface area contributed by atoms with E-state index in [1.807, 2.05) is 31.2 Å². The van der Waals surface area contributed by atoms with Crippen LogP contribution in [-0.4, -0.2) is 15.9 Å². The first-order valence-electron chi connectivity index (χ1n) is 13.0. The average Bonchev–Trinajstić information content (AvgIpc) is 2.89. The zero-order valence-electron chi connectivity index (χ0n) is 22.9. The third-order valence-electron chi connectivity index (χ3n) is 5.29. The predicted molar refractivity (Wildman–Crippen MR) is 154 cm³/mol. The number of amides is 1. The number of rotatable bonds is 8. The van der Waals surface area contributed by atoms with Crippen LogP contribution in [0.4, 0.5) is 11.5 Å². The Balaban J connectivity index is 0.00000153. The number of hydrogen-bond acceptors (Lipinski definition) is 5. The Hall–Kier alpha value is -3.98. The fourth-order valence-corrected chi connectivity index (χ4v) is 3.42. The average molecular weight is 498 g/mol. The summed E-state index contributed by atoms with van der Waals surface area (Å²) in [5.74, 6) is 1.04. The number of nitriles is 1. The molecule has 0 aliphatic rings. The van der Waals surface area contributed by atoms with Crippen LogP contribution in [-0.2, 0) is 0 Å². The van der Waals surface area contributed by atoms with Crippen molar-refractivity contribution in [2.45, 2.75) is 66.8 Å². The van der Waals surface area contributed by atoms with Crippen LogP contribution in [0.1, 0.15) is 88.3 Å². The minimum atomic E-state index is -0.221. The molecule has 3 aromatic rings. The molecule has 0 saturated heterocycles. The highest BCUT2D eigenvalue weighted by atomic mass is 16.1. The van der Waals surface area contributed by atoms with Gasteiger partial charge in [-0.05, 0) is 67.6 Å². The molecule has 3 rings (SSSR count). The number of hydrogen-bond donors (Lipinski definition) is 2. The van der Waals surface area contributed by atoms with E-state index in [9.17, 15) is 4.79 Å². The SMILES string of the molecule is CC/C=c1/ncc(NC(C)c2cccc(NC(=O)c3ccc(C#N)cc3)c2)n/c1=C\CC(C)C.CCC. The van der Waals surface area contributed by atoms with Crippen LogP contribution in [0.25, 0.3) is 12.2 Å². The molecule has 1 atom stereocenters. The van der Waals surface area contributed by atoms with E-state index < -0.39 is 0 Å². The number of anilines is 2.